The molecule has 0 aliphatic rings. The topological polar surface area (TPSA) is 155 Å². The largest absolute Gasteiger partial charge is 0.508 e. The van der Waals surface area contributed by atoms with Gasteiger partial charge in [-0.3, -0.25) is 9.59 Å². The van der Waals surface area contributed by atoms with Gasteiger partial charge in [0, 0.05) is 27.0 Å². The SMILES string of the molecule is CC(CC(=O)O)C(F)(F)F.Cc1cc(O)c(C(=O)CC(C)C(F)(F)F)c(=O)o1.Cc1cc(O)cc(=O)o1.[B]. The number of aliphatic carboxylic acids is 1. The summed E-state index contributed by atoms with van der Waals surface area (Å²) in [6.07, 6.45) is -10.7. The number of Topliss-reactive ketones (excluding diaryl/α,β-unsaturated/α-hetero) is 1. The fourth-order valence-corrected chi connectivity index (χ4v) is 2.31. The Bertz CT molecular complexity index is 1160. The number of carbonyl (C=O) groups is 2. The molecular formula is C22H24BF6O9. The van der Waals surface area contributed by atoms with E-state index in [2.05, 4.69) is 8.83 Å². The summed E-state index contributed by atoms with van der Waals surface area (Å²) in [6.45, 7) is 4.63. The highest BCUT2D eigenvalue weighted by Crippen LogP contribution is 2.30. The summed E-state index contributed by atoms with van der Waals surface area (Å²) in [5.74, 6) is -6.41. The van der Waals surface area contributed by atoms with Gasteiger partial charge in [0.25, 0.3) is 0 Å². The monoisotopic (exact) mass is 557 g/mol. The van der Waals surface area contributed by atoms with E-state index in [-0.39, 0.29) is 19.9 Å². The van der Waals surface area contributed by atoms with Crippen LogP contribution in [-0.4, -0.2) is 47.8 Å². The Hall–Kier alpha value is -3.72. The van der Waals surface area contributed by atoms with Crippen molar-refractivity contribution in [3.8, 4) is 11.5 Å². The van der Waals surface area contributed by atoms with Gasteiger partial charge in [-0.15, -0.1) is 0 Å². The Labute approximate surface area is 213 Å². The van der Waals surface area contributed by atoms with E-state index >= 15 is 0 Å². The quantitative estimate of drug-likeness (QED) is 0.276. The molecule has 0 aromatic carbocycles. The molecule has 9 nitrogen and oxygen atoms in total. The number of ketones is 1. The van der Waals surface area contributed by atoms with Crippen molar-refractivity contribution in [1.82, 2.24) is 0 Å². The number of carboxylic acids is 1. The molecule has 211 valence electrons. The van der Waals surface area contributed by atoms with E-state index in [4.69, 9.17) is 10.2 Å². The Morgan fingerprint density at radius 2 is 1.29 bits per heavy atom. The molecule has 0 saturated heterocycles. The average molecular weight is 557 g/mol. The maximum Gasteiger partial charge on any atom is 0.392 e. The molecule has 3 N–H and O–H groups in total. The molecule has 2 rings (SSSR count). The Kier molecular flexibility index (Phi) is 14.3. The number of carboxylic acid groups (broad SMARTS) is 1. The van der Waals surface area contributed by atoms with Gasteiger partial charge in [0.1, 0.15) is 28.6 Å². The Morgan fingerprint density at radius 1 is 0.842 bits per heavy atom. The zero-order valence-electron chi connectivity index (χ0n) is 20.4. The average Bonchev–Trinajstić information content (AvgIpc) is 2.65. The van der Waals surface area contributed by atoms with E-state index in [9.17, 15) is 50.6 Å². The van der Waals surface area contributed by atoms with Gasteiger partial charge >= 0.3 is 29.6 Å². The van der Waals surface area contributed by atoms with Crippen molar-refractivity contribution >= 4 is 20.2 Å². The van der Waals surface area contributed by atoms with Gasteiger partial charge in [0.15, 0.2) is 5.78 Å². The first kappa shape index (κ1) is 36.4. The molecule has 0 aliphatic carbocycles. The van der Waals surface area contributed by atoms with Gasteiger partial charge in [0.2, 0.25) is 0 Å². The summed E-state index contributed by atoms with van der Waals surface area (Å²) in [7, 11) is 0. The van der Waals surface area contributed by atoms with E-state index < -0.39 is 71.3 Å². The van der Waals surface area contributed by atoms with Crippen LogP contribution in [0.1, 0.15) is 48.6 Å². The second-order valence-corrected chi connectivity index (χ2v) is 7.76. The highest BCUT2D eigenvalue weighted by atomic mass is 19.4. The summed E-state index contributed by atoms with van der Waals surface area (Å²) in [6, 6.07) is 3.40. The maximum atomic E-state index is 12.3. The van der Waals surface area contributed by atoms with Crippen molar-refractivity contribution in [3.63, 3.8) is 0 Å². The van der Waals surface area contributed by atoms with Gasteiger partial charge in [-0.2, -0.15) is 26.3 Å². The van der Waals surface area contributed by atoms with Crippen molar-refractivity contribution in [2.75, 3.05) is 0 Å². The molecule has 38 heavy (non-hydrogen) atoms. The highest BCUT2D eigenvalue weighted by molar-refractivity contribution is 5.98. The van der Waals surface area contributed by atoms with Crippen LogP contribution in [0.4, 0.5) is 26.3 Å². The highest BCUT2D eigenvalue weighted by Gasteiger charge is 2.38. The first-order chi connectivity index (χ1) is 16.6. The van der Waals surface area contributed by atoms with Crippen LogP contribution in [0, 0.1) is 25.7 Å². The number of alkyl halides is 6. The minimum absolute atomic E-state index is 0. The molecule has 2 aromatic heterocycles. The van der Waals surface area contributed by atoms with Crippen LogP contribution >= 0.6 is 0 Å². The molecule has 0 saturated carbocycles. The van der Waals surface area contributed by atoms with Gasteiger partial charge in [-0.05, 0) is 13.8 Å². The van der Waals surface area contributed by atoms with E-state index in [1.807, 2.05) is 0 Å². The molecule has 2 atom stereocenters. The van der Waals surface area contributed by atoms with E-state index in [0.717, 1.165) is 26.0 Å². The first-order valence-corrected chi connectivity index (χ1v) is 10.2. The lowest BCUT2D eigenvalue weighted by Gasteiger charge is -2.14. The van der Waals surface area contributed by atoms with E-state index in [1.165, 1.54) is 13.0 Å². The summed E-state index contributed by atoms with van der Waals surface area (Å²) >= 11 is 0. The molecule has 2 unspecified atom stereocenters. The van der Waals surface area contributed by atoms with Crippen LogP contribution in [0.15, 0.2) is 36.6 Å². The molecule has 16 heteroatoms. The predicted molar refractivity (Wildman–Crippen MR) is 120 cm³/mol. The molecule has 0 aliphatic heterocycles. The second kappa shape index (κ2) is 14.9. The maximum absolute atomic E-state index is 12.3. The van der Waals surface area contributed by atoms with Crippen LogP contribution in [0.3, 0.4) is 0 Å². The van der Waals surface area contributed by atoms with Gasteiger partial charge < -0.3 is 24.2 Å². The number of carbonyl (C=O) groups excluding carboxylic acids is 1. The summed E-state index contributed by atoms with van der Waals surface area (Å²) in [5.41, 5.74) is -2.39. The van der Waals surface area contributed by atoms with Crippen LogP contribution in [0.2, 0.25) is 0 Å². The third-order valence-corrected chi connectivity index (χ3v) is 4.30. The molecule has 2 heterocycles. The third kappa shape index (κ3) is 13.6. The van der Waals surface area contributed by atoms with Crippen molar-refractivity contribution < 1.29 is 60.1 Å². The van der Waals surface area contributed by atoms with Crippen LogP contribution < -0.4 is 11.3 Å². The summed E-state index contributed by atoms with van der Waals surface area (Å²) < 4.78 is 80.6. The lowest BCUT2D eigenvalue weighted by Crippen LogP contribution is -2.25. The number of halogens is 6. The number of aryl methyl sites for hydroxylation is 2. The zero-order chi connectivity index (χ0) is 29.3. The fourth-order valence-electron chi connectivity index (χ4n) is 2.31. The lowest BCUT2D eigenvalue weighted by molar-refractivity contribution is -0.178. The number of hydrogen-bond donors (Lipinski definition) is 3. The zero-order valence-corrected chi connectivity index (χ0v) is 20.4. The van der Waals surface area contributed by atoms with Crippen molar-refractivity contribution in [1.29, 1.82) is 0 Å². The van der Waals surface area contributed by atoms with Crippen molar-refractivity contribution in [2.45, 2.75) is 52.9 Å². The molecule has 3 radical (unpaired) electrons. The first-order valence-electron chi connectivity index (χ1n) is 10.2. The minimum atomic E-state index is -4.53. The van der Waals surface area contributed by atoms with E-state index in [0.29, 0.717) is 5.76 Å². The molecule has 0 amide bonds. The Balaban J connectivity index is 0. The summed E-state index contributed by atoms with van der Waals surface area (Å²) in [5, 5.41) is 26.1. The van der Waals surface area contributed by atoms with Gasteiger partial charge in [-0.25, -0.2) is 9.59 Å². The summed E-state index contributed by atoms with van der Waals surface area (Å²) in [4.78, 5) is 43.0. The normalized spacial score (nSPS) is 12.5. The third-order valence-electron chi connectivity index (χ3n) is 4.30. The van der Waals surface area contributed by atoms with Crippen molar-refractivity contribution in [3.05, 3.63) is 56.1 Å². The van der Waals surface area contributed by atoms with Crippen LogP contribution in [0.25, 0.3) is 0 Å². The molecule has 0 bridgehead atoms. The lowest BCUT2D eigenvalue weighted by atomic mass is 10.00. The predicted octanol–water partition coefficient (Wildman–Crippen LogP) is 4.36. The number of rotatable bonds is 5. The van der Waals surface area contributed by atoms with Crippen LogP contribution in [-0.2, 0) is 4.79 Å². The van der Waals surface area contributed by atoms with Crippen LogP contribution in [0.5, 0.6) is 11.5 Å². The standard InChI is InChI=1S/C11H11F3O4.C6H6O3.C5H7F3O2.B/c1-5(11(12,13)14)3-7(15)9-8(16)4-6(2)18-10(9)17;1-4-2-5(7)3-6(8)9-4;1-3(2-4(9)10)5(6,7)8;/h4-5,16H,3H2,1-2H3;2-3,7H,1H3;3H,2H2,1H3,(H,9,10);. The smallest absolute Gasteiger partial charge is 0.392 e. The van der Waals surface area contributed by atoms with Gasteiger partial charge in [0.05, 0.1) is 24.3 Å². The van der Waals surface area contributed by atoms with E-state index in [1.54, 1.807) is 6.92 Å². The fraction of sp³-hybridized carbons (Fsp3) is 0.455. The number of aromatic hydroxyl groups is 2. The molecule has 0 fully saturated rings. The number of hydrogen-bond acceptors (Lipinski definition) is 8. The molecule has 2 aromatic rings. The van der Waals surface area contributed by atoms with Crippen molar-refractivity contribution in [2.24, 2.45) is 11.8 Å². The Morgan fingerprint density at radius 3 is 1.63 bits per heavy atom. The second-order valence-electron chi connectivity index (χ2n) is 7.76. The molecule has 0 spiro atoms. The van der Waals surface area contributed by atoms with Gasteiger partial charge in [-0.1, -0.05) is 13.8 Å². The molecular weight excluding hydrogens is 533 g/mol. The minimum Gasteiger partial charge on any atom is -0.508 e.